The van der Waals surface area contributed by atoms with Crippen LogP contribution in [0.15, 0.2) is 42.0 Å². The average Bonchev–Trinajstić information content (AvgIpc) is 3.81. The minimum absolute atomic E-state index is 0.169. The minimum Gasteiger partial charge on any atom is -0.457 e. The minimum atomic E-state index is -0.795. The predicted molar refractivity (Wildman–Crippen MR) is 134 cm³/mol. The van der Waals surface area contributed by atoms with Gasteiger partial charge in [-0.15, -0.1) is 0 Å². The number of hydrogen-bond donors (Lipinski definition) is 1. The van der Waals surface area contributed by atoms with Crippen LogP contribution in [0.4, 0.5) is 8.78 Å². The lowest BCUT2D eigenvalue weighted by Crippen LogP contribution is -2.50. The molecule has 1 heterocycles. The lowest BCUT2D eigenvalue weighted by molar-refractivity contribution is -0.141. The van der Waals surface area contributed by atoms with Crippen molar-refractivity contribution in [3.05, 3.63) is 75.3 Å². The molecule has 2 saturated carbocycles. The second kappa shape index (κ2) is 10.5. The van der Waals surface area contributed by atoms with E-state index in [1.54, 1.807) is 0 Å². The number of ether oxygens (including phenoxy) is 2. The molecule has 2 N–H and O–H groups in total. The van der Waals surface area contributed by atoms with Gasteiger partial charge in [0, 0.05) is 25.3 Å². The highest BCUT2D eigenvalue weighted by molar-refractivity contribution is 6.31. The number of nitrogens with zero attached hydrogens (tertiary/aromatic N) is 1. The first-order chi connectivity index (χ1) is 17.8. The van der Waals surface area contributed by atoms with E-state index in [1.807, 2.05) is 29.2 Å². The number of hydrogen-bond acceptors (Lipinski definition) is 5. The number of benzene rings is 2. The molecule has 0 atom stereocenters. The van der Waals surface area contributed by atoms with Gasteiger partial charge in [0.25, 0.3) is 0 Å². The van der Waals surface area contributed by atoms with Crippen LogP contribution in [0.2, 0.25) is 5.02 Å². The van der Waals surface area contributed by atoms with Crippen molar-refractivity contribution in [2.24, 2.45) is 11.7 Å². The van der Waals surface area contributed by atoms with E-state index in [-0.39, 0.29) is 12.1 Å². The van der Waals surface area contributed by atoms with E-state index in [2.05, 4.69) is 0 Å². The maximum atomic E-state index is 14.2. The molecule has 0 saturated heterocycles. The molecule has 37 heavy (non-hydrogen) atoms. The second-order valence-electron chi connectivity index (χ2n) is 10.1. The van der Waals surface area contributed by atoms with Crippen molar-refractivity contribution >= 4 is 29.1 Å². The Morgan fingerprint density at radius 3 is 2.41 bits per heavy atom. The maximum Gasteiger partial charge on any atom is 0.335 e. The zero-order valence-corrected chi connectivity index (χ0v) is 21.2. The van der Waals surface area contributed by atoms with Crippen LogP contribution in [0.5, 0.6) is 0 Å². The molecule has 196 valence electrons. The summed E-state index contributed by atoms with van der Waals surface area (Å²) in [5, 5.41) is -0.419. The number of amides is 1. The highest BCUT2D eigenvalue weighted by Gasteiger charge is 2.54. The van der Waals surface area contributed by atoms with Crippen molar-refractivity contribution in [3.8, 4) is 0 Å². The third-order valence-corrected chi connectivity index (χ3v) is 7.90. The first-order valence-electron chi connectivity index (χ1n) is 12.5. The molecule has 0 aromatic heterocycles. The fraction of sp³-hybridized carbons (Fsp3) is 0.429. The van der Waals surface area contributed by atoms with Gasteiger partial charge in [-0.25, -0.2) is 13.6 Å². The highest BCUT2D eigenvalue weighted by Crippen LogP contribution is 2.44. The quantitative estimate of drug-likeness (QED) is 0.353. The lowest BCUT2D eigenvalue weighted by Gasteiger charge is -2.35. The summed E-state index contributed by atoms with van der Waals surface area (Å²) in [6, 6.07) is 9.69. The van der Waals surface area contributed by atoms with Crippen molar-refractivity contribution in [3.63, 3.8) is 0 Å². The van der Waals surface area contributed by atoms with Gasteiger partial charge in [-0.1, -0.05) is 35.9 Å². The molecule has 0 spiro atoms. The molecular formula is C28H29ClF2N2O4. The van der Waals surface area contributed by atoms with E-state index >= 15 is 0 Å². The van der Waals surface area contributed by atoms with Gasteiger partial charge in [-0.2, -0.15) is 0 Å². The summed E-state index contributed by atoms with van der Waals surface area (Å²) in [5.41, 5.74) is 7.75. The molecular weight excluding hydrogens is 502 g/mol. The largest absolute Gasteiger partial charge is 0.457 e. The van der Waals surface area contributed by atoms with Crippen LogP contribution in [-0.4, -0.2) is 42.0 Å². The summed E-state index contributed by atoms with van der Waals surface area (Å²) in [6.07, 6.45) is 4.25. The van der Waals surface area contributed by atoms with Crippen molar-refractivity contribution in [2.75, 3.05) is 19.7 Å². The Balaban J connectivity index is 1.37. The first-order valence-corrected chi connectivity index (χ1v) is 12.9. The monoisotopic (exact) mass is 530 g/mol. The molecule has 6 nitrogen and oxygen atoms in total. The summed E-state index contributed by atoms with van der Waals surface area (Å²) in [7, 11) is 0. The number of halogens is 3. The number of esters is 1. The van der Waals surface area contributed by atoms with Gasteiger partial charge in [-0.05, 0) is 66.9 Å². The Labute approximate surface area is 219 Å². The predicted octanol–water partition coefficient (Wildman–Crippen LogP) is 4.77. The number of primary amides is 1. The van der Waals surface area contributed by atoms with Crippen LogP contribution in [0.1, 0.15) is 48.8 Å². The van der Waals surface area contributed by atoms with Gasteiger partial charge in [0.1, 0.15) is 23.8 Å². The van der Waals surface area contributed by atoms with Crippen molar-refractivity contribution in [1.82, 2.24) is 4.90 Å². The topological polar surface area (TPSA) is 81.9 Å². The normalized spacial score (nSPS) is 19.1. The molecule has 1 aliphatic heterocycles. The zero-order chi connectivity index (χ0) is 26.2. The second-order valence-corrected chi connectivity index (χ2v) is 10.5. The Hall–Kier alpha value is -2.81. The van der Waals surface area contributed by atoms with Crippen LogP contribution >= 0.6 is 11.6 Å². The molecule has 0 unspecified atom stereocenters. The van der Waals surface area contributed by atoms with Gasteiger partial charge in [0.2, 0.25) is 5.91 Å². The Bertz CT molecular complexity index is 1240. The summed E-state index contributed by atoms with van der Waals surface area (Å²) >= 11 is 5.90. The molecule has 2 aromatic rings. The summed E-state index contributed by atoms with van der Waals surface area (Å²) in [4.78, 5) is 27.4. The Kier molecular flexibility index (Phi) is 7.34. The van der Waals surface area contributed by atoms with Crippen molar-refractivity contribution < 1.29 is 27.8 Å². The summed E-state index contributed by atoms with van der Waals surface area (Å²) < 4.78 is 39.3. The fourth-order valence-corrected chi connectivity index (χ4v) is 5.04. The standard InChI is InChI=1S/C28H29ClF2N2O4/c29-25-22(23(30)7-8-24(25)31)16-37-26(34)21-13-33(28(10-11-28)27(32)35)12-9-20(21)19-5-3-18(4-6-19)15-36-14-17-1-2-17/h3-8,17H,1-2,9-16H2,(H2,32,35). The van der Waals surface area contributed by atoms with E-state index in [4.69, 9.17) is 26.8 Å². The third kappa shape index (κ3) is 5.56. The summed E-state index contributed by atoms with van der Waals surface area (Å²) in [5.74, 6) is -1.95. The molecule has 5 rings (SSSR count). The molecule has 9 heteroatoms. The van der Waals surface area contributed by atoms with Crippen LogP contribution < -0.4 is 5.73 Å². The number of carbonyl (C=O) groups excluding carboxylic acids is 2. The Morgan fingerprint density at radius 1 is 1.05 bits per heavy atom. The molecule has 3 aliphatic rings. The fourth-order valence-electron chi connectivity index (χ4n) is 4.83. The van der Waals surface area contributed by atoms with Gasteiger partial charge in [0.15, 0.2) is 0 Å². The van der Waals surface area contributed by atoms with Gasteiger partial charge in [-0.3, -0.25) is 9.69 Å². The van der Waals surface area contributed by atoms with E-state index in [1.165, 1.54) is 12.8 Å². The maximum absolute atomic E-state index is 14.2. The number of nitrogens with two attached hydrogens (primary N) is 1. The third-order valence-electron chi connectivity index (χ3n) is 7.49. The summed E-state index contributed by atoms with van der Waals surface area (Å²) in [6.45, 7) is 1.51. The van der Waals surface area contributed by atoms with Crippen LogP contribution in [0.3, 0.4) is 0 Å². The molecule has 2 fully saturated rings. The smallest absolute Gasteiger partial charge is 0.335 e. The van der Waals surface area contributed by atoms with Crippen molar-refractivity contribution in [1.29, 1.82) is 0 Å². The van der Waals surface area contributed by atoms with E-state index in [9.17, 15) is 18.4 Å². The molecule has 0 bridgehead atoms. The average molecular weight is 531 g/mol. The molecule has 1 amide bonds. The Morgan fingerprint density at radius 2 is 1.76 bits per heavy atom. The van der Waals surface area contributed by atoms with E-state index < -0.39 is 40.7 Å². The molecule has 2 aliphatic carbocycles. The number of rotatable bonds is 10. The van der Waals surface area contributed by atoms with Crippen molar-refractivity contribution in [2.45, 2.75) is 50.9 Å². The van der Waals surface area contributed by atoms with Gasteiger partial charge >= 0.3 is 5.97 Å². The van der Waals surface area contributed by atoms with E-state index in [0.29, 0.717) is 43.9 Å². The number of carbonyl (C=O) groups is 2. The van der Waals surface area contributed by atoms with Crippen LogP contribution in [0, 0.1) is 17.6 Å². The molecule has 2 aromatic carbocycles. The zero-order valence-electron chi connectivity index (χ0n) is 20.4. The van der Waals surface area contributed by atoms with Gasteiger partial charge < -0.3 is 15.2 Å². The lowest BCUT2D eigenvalue weighted by atomic mass is 9.91. The van der Waals surface area contributed by atoms with Gasteiger partial charge in [0.05, 0.1) is 17.2 Å². The molecule has 0 radical (unpaired) electrons. The highest BCUT2D eigenvalue weighted by atomic mass is 35.5. The van der Waals surface area contributed by atoms with Crippen LogP contribution in [-0.2, 0) is 32.3 Å². The van der Waals surface area contributed by atoms with Crippen LogP contribution in [0.25, 0.3) is 5.57 Å². The SMILES string of the molecule is NC(=O)C1(N2CCC(c3ccc(COCC4CC4)cc3)=C(C(=O)OCc3c(F)ccc(F)c3Cl)C2)CC1. The van der Waals surface area contributed by atoms with E-state index in [0.717, 1.165) is 35.4 Å². The first kappa shape index (κ1) is 25.8.